The highest BCUT2D eigenvalue weighted by Crippen LogP contribution is 2.15. The van der Waals surface area contributed by atoms with Crippen LogP contribution in [0.3, 0.4) is 0 Å². The van der Waals surface area contributed by atoms with E-state index in [1.807, 2.05) is 12.1 Å². The normalized spacial score (nSPS) is 13.2. The Balaban J connectivity index is 2.56. The van der Waals surface area contributed by atoms with Gasteiger partial charge in [-0.2, -0.15) is 0 Å². The molecule has 2 nitrogen and oxygen atoms in total. The van der Waals surface area contributed by atoms with Crippen molar-refractivity contribution in [2.45, 2.75) is 26.8 Å². The van der Waals surface area contributed by atoms with Crippen LogP contribution in [0.1, 0.15) is 32.4 Å². The summed E-state index contributed by atoms with van der Waals surface area (Å²) in [5.41, 5.74) is 1.19. The lowest BCUT2D eigenvalue weighted by Gasteiger charge is -2.15. The SMILES string of the molecule is CC(C)CNC(C)c1ccnc(Cl)c1. The molecular weight excluding hydrogens is 196 g/mol. The highest BCUT2D eigenvalue weighted by Gasteiger charge is 2.05. The van der Waals surface area contributed by atoms with Crippen molar-refractivity contribution in [1.29, 1.82) is 0 Å². The summed E-state index contributed by atoms with van der Waals surface area (Å²) >= 11 is 5.81. The second kappa shape index (κ2) is 5.32. The standard InChI is InChI=1S/C11H17ClN2/c1-8(2)7-14-9(3)10-4-5-13-11(12)6-10/h4-6,8-9,14H,7H2,1-3H3. The second-order valence-corrected chi connectivity index (χ2v) is 4.32. The molecule has 1 heterocycles. The Hall–Kier alpha value is -0.600. The first-order valence-electron chi connectivity index (χ1n) is 4.94. The molecule has 0 radical (unpaired) electrons. The van der Waals surface area contributed by atoms with Gasteiger partial charge in [-0.1, -0.05) is 25.4 Å². The Bertz CT molecular complexity index is 286. The number of pyridine rings is 1. The molecule has 0 saturated carbocycles. The van der Waals surface area contributed by atoms with Crippen molar-refractivity contribution >= 4 is 11.6 Å². The summed E-state index contributed by atoms with van der Waals surface area (Å²) in [6.45, 7) is 7.54. The van der Waals surface area contributed by atoms with Crippen LogP contribution in [0.5, 0.6) is 0 Å². The number of nitrogens with zero attached hydrogens (tertiary/aromatic N) is 1. The lowest BCUT2D eigenvalue weighted by Crippen LogP contribution is -2.23. The van der Waals surface area contributed by atoms with E-state index < -0.39 is 0 Å². The third kappa shape index (κ3) is 3.64. The number of hydrogen-bond acceptors (Lipinski definition) is 2. The molecule has 0 aliphatic heterocycles. The quantitative estimate of drug-likeness (QED) is 0.777. The molecule has 0 aromatic carbocycles. The lowest BCUT2D eigenvalue weighted by molar-refractivity contribution is 0.496. The predicted molar refractivity (Wildman–Crippen MR) is 60.5 cm³/mol. The van der Waals surface area contributed by atoms with Gasteiger partial charge in [0.05, 0.1) is 0 Å². The summed E-state index contributed by atoms with van der Waals surface area (Å²) in [6.07, 6.45) is 1.74. The third-order valence-electron chi connectivity index (χ3n) is 2.08. The minimum Gasteiger partial charge on any atom is -0.310 e. The molecule has 0 spiro atoms. The zero-order chi connectivity index (χ0) is 10.6. The van der Waals surface area contributed by atoms with Crippen molar-refractivity contribution in [1.82, 2.24) is 10.3 Å². The number of rotatable bonds is 4. The van der Waals surface area contributed by atoms with E-state index in [-0.39, 0.29) is 0 Å². The molecule has 1 atom stereocenters. The van der Waals surface area contributed by atoms with Gasteiger partial charge in [0.15, 0.2) is 0 Å². The van der Waals surface area contributed by atoms with Crippen LogP contribution >= 0.6 is 11.6 Å². The fourth-order valence-electron chi connectivity index (χ4n) is 1.22. The van der Waals surface area contributed by atoms with Crippen LogP contribution in [-0.4, -0.2) is 11.5 Å². The summed E-state index contributed by atoms with van der Waals surface area (Å²) < 4.78 is 0. The Morgan fingerprint density at radius 3 is 2.71 bits per heavy atom. The van der Waals surface area contributed by atoms with E-state index in [0.29, 0.717) is 17.1 Å². The fraction of sp³-hybridized carbons (Fsp3) is 0.545. The Morgan fingerprint density at radius 1 is 1.43 bits per heavy atom. The molecule has 1 rings (SSSR count). The molecule has 0 aliphatic rings. The van der Waals surface area contributed by atoms with Crippen LogP contribution in [0.15, 0.2) is 18.3 Å². The van der Waals surface area contributed by atoms with Gasteiger partial charge in [0.25, 0.3) is 0 Å². The average Bonchev–Trinajstić information content (AvgIpc) is 2.14. The van der Waals surface area contributed by atoms with E-state index in [1.165, 1.54) is 5.56 Å². The molecule has 1 aromatic heterocycles. The van der Waals surface area contributed by atoms with Crippen molar-refractivity contribution in [2.75, 3.05) is 6.54 Å². The molecule has 0 bridgehead atoms. The van der Waals surface area contributed by atoms with Gasteiger partial charge in [0, 0.05) is 12.2 Å². The van der Waals surface area contributed by atoms with Gasteiger partial charge in [0.2, 0.25) is 0 Å². The molecule has 1 aromatic rings. The molecule has 0 fully saturated rings. The van der Waals surface area contributed by atoms with Gasteiger partial charge in [-0.15, -0.1) is 0 Å². The monoisotopic (exact) mass is 212 g/mol. The predicted octanol–water partition coefficient (Wildman–Crippen LogP) is 3.04. The van der Waals surface area contributed by atoms with E-state index in [0.717, 1.165) is 6.54 Å². The minimum absolute atomic E-state index is 0.331. The minimum atomic E-state index is 0.331. The average molecular weight is 213 g/mol. The summed E-state index contributed by atoms with van der Waals surface area (Å²) in [7, 11) is 0. The first-order valence-corrected chi connectivity index (χ1v) is 5.32. The van der Waals surface area contributed by atoms with Gasteiger partial charge < -0.3 is 5.32 Å². The van der Waals surface area contributed by atoms with Gasteiger partial charge in [0.1, 0.15) is 5.15 Å². The van der Waals surface area contributed by atoms with Crippen molar-refractivity contribution in [3.05, 3.63) is 29.0 Å². The van der Waals surface area contributed by atoms with Crippen molar-refractivity contribution in [3.63, 3.8) is 0 Å². The van der Waals surface area contributed by atoms with Crippen molar-refractivity contribution in [2.24, 2.45) is 5.92 Å². The third-order valence-corrected chi connectivity index (χ3v) is 2.29. The molecule has 3 heteroatoms. The van der Waals surface area contributed by atoms with Crippen molar-refractivity contribution in [3.8, 4) is 0 Å². The van der Waals surface area contributed by atoms with Gasteiger partial charge in [-0.05, 0) is 37.1 Å². The highest BCUT2D eigenvalue weighted by atomic mass is 35.5. The zero-order valence-corrected chi connectivity index (χ0v) is 9.67. The van der Waals surface area contributed by atoms with Crippen molar-refractivity contribution < 1.29 is 0 Å². The van der Waals surface area contributed by atoms with Crippen LogP contribution in [0.25, 0.3) is 0 Å². The summed E-state index contributed by atoms with van der Waals surface area (Å²) in [5.74, 6) is 0.662. The van der Waals surface area contributed by atoms with Gasteiger partial charge >= 0.3 is 0 Å². The number of aromatic nitrogens is 1. The topological polar surface area (TPSA) is 24.9 Å². The number of nitrogens with one attached hydrogen (secondary N) is 1. The zero-order valence-electron chi connectivity index (χ0n) is 8.92. The Morgan fingerprint density at radius 2 is 2.14 bits per heavy atom. The van der Waals surface area contributed by atoms with E-state index >= 15 is 0 Å². The van der Waals surface area contributed by atoms with Crippen LogP contribution in [0, 0.1) is 5.92 Å². The smallest absolute Gasteiger partial charge is 0.129 e. The van der Waals surface area contributed by atoms with Crippen LogP contribution in [-0.2, 0) is 0 Å². The highest BCUT2D eigenvalue weighted by molar-refractivity contribution is 6.29. The summed E-state index contributed by atoms with van der Waals surface area (Å²) in [5, 5.41) is 4.00. The maximum atomic E-state index is 5.81. The van der Waals surface area contributed by atoms with E-state index in [2.05, 4.69) is 31.1 Å². The molecule has 0 aliphatic carbocycles. The van der Waals surface area contributed by atoms with E-state index in [9.17, 15) is 0 Å². The summed E-state index contributed by atoms with van der Waals surface area (Å²) in [6, 6.07) is 4.22. The fourth-order valence-corrected chi connectivity index (χ4v) is 1.40. The Kier molecular flexibility index (Phi) is 4.36. The second-order valence-electron chi connectivity index (χ2n) is 3.94. The molecule has 0 saturated heterocycles. The lowest BCUT2D eigenvalue weighted by atomic mass is 10.1. The molecular formula is C11H17ClN2. The first kappa shape index (κ1) is 11.5. The molecule has 14 heavy (non-hydrogen) atoms. The number of hydrogen-bond donors (Lipinski definition) is 1. The maximum absolute atomic E-state index is 5.81. The van der Waals surface area contributed by atoms with E-state index in [4.69, 9.17) is 11.6 Å². The van der Waals surface area contributed by atoms with Gasteiger partial charge in [-0.3, -0.25) is 0 Å². The molecule has 1 N–H and O–H groups in total. The molecule has 0 amide bonds. The van der Waals surface area contributed by atoms with Crippen LogP contribution < -0.4 is 5.32 Å². The van der Waals surface area contributed by atoms with Gasteiger partial charge in [-0.25, -0.2) is 4.98 Å². The first-order chi connectivity index (χ1) is 6.59. The molecule has 1 unspecified atom stereocenters. The molecule has 78 valence electrons. The maximum Gasteiger partial charge on any atom is 0.129 e. The largest absolute Gasteiger partial charge is 0.310 e. The summed E-state index contributed by atoms with van der Waals surface area (Å²) in [4.78, 5) is 3.96. The van der Waals surface area contributed by atoms with E-state index in [1.54, 1.807) is 6.20 Å². The number of halogens is 1. The Labute approximate surface area is 90.7 Å². The van der Waals surface area contributed by atoms with Crippen LogP contribution in [0.4, 0.5) is 0 Å². The van der Waals surface area contributed by atoms with Crippen LogP contribution in [0.2, 0.25) is 5.15 Å².